The van der Waals surface area contributed by atoms with Crippen molar-refractivity contribution in [2.75, 3.05) is 4.72 Å². The molecule has 0 fully saturated rings. The Morgan fingerprint density at radius 3 is 2.29 bits per heavy atom. The monoisotopic (exact) mass is 470 g/mol. The van der Waals surface area contributed by atoms with Gasteiger partial charge < -0.3 is 4.74 Å². The molecule has 0 heterocycles. The Balaban J connectivity index is 1.46. The maximum absolute atomic E-state index is 12.8. The lowest BCUT2D eigenvalue weighted by Crippen LogP contribution is -2.13. The van der Waals surface area contributed by atoms with E-state index in [4.69, 9.17) is 4.74 Å². The second-order valence-electron chi connectivity index (χ2n) is 7.99. The van der Waals surface area contributed by atoms with Crippen molar-refractivity contribution in [1.82, 2.24) is 0 Å². The van der Waals surface area contributed by atoms with Crippen molar-refractivity contribution in [3.63, 3.8) is 0 Å². The molecule has 0 aromatic heterocycles. The molecule has 34 heavy (non-hydrogen) atoms. The van der Waals surface area contributed by atoms with Gasteiger partial charge in [-0.3, -0.25) is 9.71 Å². The summed E-state index contributed by atoms with van der Waals surface area (Å²) in [5.41, 5.74) is 5.09. The van der Waals surface area contributed by atoms with Gasteiger partial charge in [0.2, 0.25) is 0 Å². The van der Waals surface area contributed by atoms with Crippen molar-refractivity contribution < 1.29 is 13.2 Å². The van der Waals surface area contributed by atoms with Crippen LogP contribution >= 0.6 is 0 Å². The molecule has 0 bridgehead atoms. The fourth-order valence-corrected chi connectivity index (χ4v) is 4.57. The predicted molar refractivity (Wildman–Crippen MR) is 138 cm³/mol. The van der Waals surface area contributed by atoms with Crippen LogP contribution in [0.2, 0.25) is 0 Å². The molecule has 0 spiro atoms. The predicted octanol–water partition coefficient (Wildman–Crippen LogP) is 6.43. The number of aliphatic imine (C=N–C) groups is 1. The van der Waals surface area contributed by atoms with Crippen molar-refractivity contribution in [1.29, 1.82) is 0 Å². The zero-order valence-corrected chi connectivity index (χ0v) is 19.9. The number of aryl methyl sites for hydroxylation is 2. The molecule has 1 N–H and O–H groups in total. The number of nitrogens with one attached hydrogen (secondary N) is 1. The second-order valence-corrected chi connectivity index (χ2v) is 9.67. The Kier molecular flexibility index (Phi) is 7.09. The fourth-order valence-electron chi connectivity index (χ4n) is 3.44. The van der Waals surface area contributed by atoms with E-state index in [2.05, 4.69) is 9.71 Å². The van der Waals surface area contributed by atoms with Gasteiger partial charge in [-0.15, -0.1) is 0 Å². The quantitative estimate of drug-likeness (QED) is 0.302. The van der Waals surface area contributed by atoms with Crippen LogP contribution in [-0.2, 0) is 16.6 Å². The summed E-state index contributed by atoms with van der Waals surface area (Å²) in [6.07, 6.45) is 1.72. The largest absolute Gasteiger partial charge is 0.488 e. The molecule has 0 aliphatic rings. The van der Waals surface area contributed by atoms with Crippen molar-refractivity contribution in [2.45, 2.75) is 25.3 Å². The third-order valence-corrected chi connectivity index (χ3v) is 6.66. The molecular formula is C28H26N2O3S. The Morgan fingerprint density at radius 1 is 0.853 bits per heavy atom. The number of rotatable bonds is 8. The van der Waals surface area contributed by atoms with Crippen LogP contribution in [0.15, 0.2) is 107 Å². The number of benzene rings is 4. The van der Waals surface area contributed by atoms with E-state index in [0.717, 1.165) is 28.0 Å². The minimum Gasteiger partial charge on any atom is -0.488 e. The highest BCUT2D eigenvalue weighted by atomic mass is 32.2. The van der Waals surface area contributed by atoms with E-state index in [1.54, 1.807) is 36.5 Å². The summed E-state index contributed by atoms with van der Waals surface area (Å²) in [6.45, 7) is 4.31. The van der Waals surface area contributed by atoms with Crippen LogP contribution in [0.5, 0.6) is 5.75 Å². The number of sulfonamides is 1. The van der Waals surface area contributed by atoms with E-state index in [9.17, 15) is 8.42 Å². The van der Waals surface area contributed by atoms with Gasteiger partial charge in [0.1, 0.15) is 12.4 Å². The van der Waals surface area contributed by atoms with Gasteiger partial charge in [-0.1, -0.05) is 60.2 Å². The smallest absolute Gasteiger partial charge is 0.261 e. The lowest BCUT2D eigenvalue weighted by Gasteiger charge is -2.11. The third-order valence-electron chi connectivity index (χ3n) is 5.28. The first-order valence-electron chi connectivity index (χ1n) is 10.9. The van der Waals surface area contributed by atoms with Gasteiger partial charge >= 0.3 is 0 Å². The molecule has 5 nitrogen and oxygen atoms in total. The second kappa shape index (κ2) is 10.4. The van der Waals surface area contributed by atoms with Gasteiger partial charge in [-0.25, -0.2) is 8.42 Å². The number of para-hydroxylation sites is 1. The summed E-state index contributed by atoms with van der Waals surface area (Å²) in [4.78, 5) is 4.68. The van der Waals surface area contributed by atoms with Gasteiger partial charge in [0, 0.05) is 11.8 Å². The minimum absolute atomic E-state index is 0.179. The lowest BCUT2D eigenvalue weighted by atomic mass is 10.1. The molecule has 172 valence electrons. The molecular weight excluding hydrogens is 444 g/mol. The molecule has 0 radical (unpaired) electrons. The maximum atomic E-state index is 12.8. The summed E-state index contributed by atoms with van der Waals surface area (Å²) in [7, 11) is -3.69. The van der Waals surface area contributed by atoms with E-state index < -0.39 is 10.0 Å². The number of nitrogens with zero attached hydrogens (tertiary/aromatic N) is 1. The normalized spacial score (nSPS) is 11.5. The maximum Gasteiger partial charge on any atom is 0.261 e. The summed E-state index contributed by atoms with van der Waals surface area (Å²) >= 11 is 0. The molecule has 4 aromatic carbocycles. The van der Waals surface area contributed by atoms with Crippen LogP contribution < -0.4 is 9.46 Å². The van der Waals surface area contributed by atoms with Crippen molar-refractivity contribution >= 4 is 27.6 Å². The van der Waals surface area contributed by atoms with Crippen LogP contribution in [0.1, 0.15) is 22.3 Å². The first-order valence-corrected chi connectivity index (χ1v) is 12.4. The Bertz CT molecular complexity index is 1400. The lowest BCUT2D eigenvalue weighted by molar-refractivity contribution is 0.306. The average Bonchev–Trinajstić information content (AvgIpc) is 2.84. The molecule has 6 heteroatoms. The molecule has 0 atom stereocenters. The van der Waals surface area contributed by atoms with E-state index in [1.165, 1.54) is 0 Å². The molecule has 0 saturated carbocycles. The number of hydrogen-bond donors (Lipinski definition) is 1. The highest BCUT2D eigenvalue weighted by molar-refractivity contribution is 7.92. The molecule has 0 amide bonds. The molecule has 0 aliphatic carbocycles. The van der Waals surface area contributed by atoms with Gasteiger partial charge in [-0.05, 0) is 67.4 Å². The van der Waals surface area contributed by atoms with Crippen LogP contribution in [0, 0.1) is 13.8 Å². The van der Waals surface area contributed by atoms with Gasteiger partial charge in [0.15, 0.2) is 0 Å². The van der Waals surface area contributed by atoms with Crippen LogP contribution in [0.25, 0.3) is 0 Å². The topological polar surface area (TPSA) is 67.8 Å². The highest BCUT2D eigenvalue weighted by Crippen LogP contribution is 2.23. The minimum atomic E-state index is -3.69. The molecule has 0 unspecified atom stereocenters. The number of ether oxygens (including phenoxy) is 1. The van der Waals surface area contributed by atoms with Crippen LogP contribution in [-0.4, -0.2) is 14.6 Å². The molecule has 4 rings (SSSR count). The Labute approximate surface area is 200 Å². The van der Waals surface area contributed by atoms with E-state index in [0.29, 0.717) is 18.0 Å². The standard InChI is InChI=1S/C28H26N2O3S/c1-21-12-17-27(22(2)18-21)30-34(31,32)26-15-13-25(14-16-26)29-19-24-10-6-7-11-28(24)33-20-23-8-4-3-5-9-23/h3-19,30H,20H2,1-2H3. The summed E-state index contributed by atoms with van der Waals surface area (Å²) in [5, 5.41) is 0. The molecule has 4 aromatic rings. The van der Waals surface area contributed by atoms with Crippen LogP contribution in [0.3, 0.4) is 0 Å². The fraction of sp³-hybridized carbons (Fsp3) is 0.107. The van der Waals surface area contributed by atoms with Crippen LogP contribution in [0.4, 0.5) is 11.4 Å². The SMILES string of the molecule is Cc1ccc(NS(=O)(=O)c2ccc(N=Cc3ccccc3OCc3ccccc3)cc2)c(C)c1. The summed E-state index contributed by atoms with van der Waals surface area (Å²) in [5.74, 6) is 0.729. The van der Waals surface area contributed by atoms with Crippen molar-refractivity contribution in [2.24, 2.45) is 4.99 Å². The zero-order chi connectivity index (χ0) is 24.0. The third kappa shape index (κ3) is 5.91. The zero-order valence-electron chi connectivity index (χ0n) is 19.1. The van der Waals surface area contributed by atoms with E-state index in [1.807, 2.05) is 80.6 Å². The Morgan fingerprint density at radius 2 is 1.56 bits per heavy atom. The first kappa shape index (κ1) is 23.3. The van der Waals surface area contributed by atoms with Crippen molar-refractivity contribution in [3.8, 4) is 5.75 Å². The average molecular weight is 471 g/mol. The summed E-state index contributed by atoms with van der Waals surface area (Å²) < 4.78 is 34.2. The number of anilines is 1. The van der Waals surface area contributed by atoms with E-state index >= 15 is 0 Å². The van der Waals surface area contributed by atoms with Gasteiger partial charge in [-0.2, -0.15) is 0 Å². The number of hydrogen-bond acceptors (Lipinski definition) is 4. The summed E-state index contributed by atoms with van der Waals surface area (Å²) in [6, 6.07) is 29.7. The molecule has 0 aliphatic heterocycles. The molecule has 0 saturated heterocycles. The van der Waals surface area contributed by atoms with E-state index in [-0.39, 0.29) is 4.90 Å². The highest BCUT2D eigenvalue weighted by Gasteiger charge is 2.15. The van der Waals surface area contributed by atoms with Gasteiger partial charge in [0.05, 0.1) is 16.3 Å². The van der Waals surface area contributed by atoms with Crippen molar-refractivity contribution in [3.05, 3.63) is 119 Å². The Hall–Kier alpha value is -3.90. The first-order chi connectivity index (χ1) is 16.4. The van der Waals surface area contributed by atoms with Gasteiger partial charge in [0.25, 0.3) is 10.0 Å².